The topological polar surface area (TPSA) is 88.0 Å². The molecule has 0 saturated carbocycles. The molecular weight excluding hydrogens is 436 g/mol. The zero-order chi connectivity index (χ0) is 23.4. The average Bonchev–Trinajstić information content (AvgIpc) is 3.14. The maximum absolute atomic E-state index is 12.5. The SMILES string of the molecule is Cc1ccc(COc2ccccc2/C=C2\SC(=Nc3cc(C(=O)O)ccc3C)NC2=O)cc1. The predicted octanol–water partition coefficient (Wildman–Crippen LogP) is 5.47. The third-order valence-corrected chi connectivity index (χ3v) is 5.96. The fourth-order valence-electron chi connectivity index (χ4n) is 3.17. The largest absolute Gasteiger partial charge is 0.488 e. The van der Waals surface area contributed by atoms with Crippen LogP contribution in [0.5, 0.6) is 5.75 Å². The number of aryl methyl sites for hydroxylation is 2. The van der Waals surface area contributed by atoms with Crippen molar-refractivity contribution in [1.29, 1.82) is 0 Å². The summed E-state index contributed by atoms with van der Waals surface area (Å²) in [4.78, 5) is 28.7. The number of hydrogen-bond donors (Lipinski definition) is 2. The maximum atomic E-state index is 12.5. The average molecular weight is 459 g/mol. The summed E-state index contributed by atoms with van der Waals surface area (Å²) in [5, 5.41) is 12.4. The Kier molecular flexibility index (Phi) is 6.60. The van der Waals surface area contributed by atoms with Crippen LogP contribution in [0.15, 0.2) is 76.6 Å². The summed E-state index contributed by atoms with van der Waals surface area (Å²) in [6.45, 7) is 4.30. The van der Waals surface area contributed by atoms with Gasteiger partial charge in [-0.1, -0.05) is 54.1 Å². The first-order valence-corrected chi connectivity index (χ1v) is 11.1. The van der Waals surface area contributed by atoms with E-state index in [1.807, 2.05) is 62.4 Å². The van der Waals surface area contributed by atoms with Gasteiger partial charge in [0.15, 0.2) is 5.17 Å². The normalized spacial score (nSPS) is 15.6. The highest BCUT2D eigenvalue weighted by molar-refractivity contribution is 8.18. The molecule has 6 nitrogen and oxygen atoms in total. The van der Waals surface area contributed by atoms with Crippen LogP contribution in [0.1, 0.15) is 32.6 Å². The molecule has 7 heteroatoms. The number of rotatable bonds is 6. The van der Waals surface area contributed by atoms with E-state index in [9.17, 15) is 14.7 Å². The highest BCUT2D eigenvalue weighted by Gasteiger charge is 2.24. The number of carbonyl (C=O) groups excluding carboxylic acids is 1. The van der Waals surface area contributed by atoms with Crippen LogP contribution in [0.4, 0.5) is 5.69 Å². The third-order valence-electron chi connectivity index (χ3n) is 5.05. The second-order valence-electron chi connectivity index (χ2n) is 7.60. The van der Waals surface area contributed by atoms with E-state index in [-0.39, 0.29) is 11.5 Å². The van der Waals surface area contributed by atoms with Crippen molar-refractivity contribution in [3.05, 3.63) is 99.5 Å². The molecule has 1 heterocycles. The van der Waals surface area contributed by atoms with Gasteiger partial charge in [-0.05, 0) is 61.0 Å². The molecule has 3 aromatic rings. The van der Waals surface area contributed by atoms with Crippen molar-refractivity contribution in [3.63, 3.8) is 0 Å². The number of nitrogens with one attached hydrogen (secondary N) is 1. The number of para-hydroxylation sites is 1. The zero-order valence-corrected chi connectivity index (χ0v) is 19.0. The molecule has 3 aromatic carbocycles. The van der Waals surface area contributed by atoms with Gasteiger partial charge in [-0.25, -0.2) is 9.79 Å². The first-order valence-electron chi connectivity index (χ1n) is 10.3. The van der Waals surface area contributed by atoms with Crippen LogP contribution in [0.25, 0.3) is 6.08 Å². The summed E-state index contributed by atoms with van der Waals surface area (Å²) in [5.74, 6) is -0.615. The number of aliphatic imine (C=N–C) groups is 1. The molecule has 4 rings (SSSR count). The molecule has 0 aromatic heterocycles. The summed E-state index contributed by atoms with van der Waals surface area (Å²) < 4.78 is 6.01. The smallest absolute Gasteiger partial charge is 0.335 e. The summed E-state index contributed by atoms with van der Waals surface area (Å²) in [6.07, 6.45) is 1.77. The number of nitrogens with zero attached hydrogens (tertiary/aromatic N) is 1. The number of carbonyl (C=O) groups is 2. The zero-order valence-electron chi connectivity index (χ0n) is 18.2. The van der Waals surface area contributed by atoms with Gasteiger partial charge < -0.3 is 15.2 Å². The Balaban J connectivity index is 1.54. The van der Waals surface area contributed by atoms with Crippen molar-refractivity contribution in [2.75, 3.05) is 0 Å². The van der Waals surface area contributed by atoms with Gasteiger partial charge in [-0.15, -0.1) is 0 Å². The Morgan fingerprint density at radius 1 is 1.09 bits per heavy atom. The third kappa shape index (κ3) is 5.51. The maximum Gasteiger partial charge on any atom is 0.335 e. The lowest BCUT2D eigenvalue weighted by atomic mass is 10.1. The molecule has 0 unspecified atom stereocenters. The van der Waals surface area contributed by atoms with E-state index in [1.165, 1.54) is 29.5 Å². The first-order chi connectivity index (χ1) is 15.9. The highest BCUT2D eigenvalue weighted by atomic mass is 32.2. The molecule has 0 radical (unpaired) electrons. The molecule has 0 spiro atoms. The summed E-state index contributed by atoms with van der Waals surface area (Å²) in [6, 6.07) is 20.4. The van der Waals surface area contributed by atoms with Crippen LogP contribution < -0.4 is 10.1 Å². The van der Waals surface area contributed by atoms with E-state index in [4.69, 9.17) is 4.74 Å². The number of amidine groups is 1. The predicted molar refractivity (Wildman–Crippen MR) is 131 cm³/mol. The Labute approximate surface area is 196 Å². The molecule has 1 amide bonds. The number of amides is 1. The molecule has 0 aliphatic carbocycles. The van der Waals surface area contributed by atoms with Crippen LogP contribution in [-0.4, -0.2) is 22.2 Å². The number of hydrogen-bond acceptors (Lipinski definition) is 5. The van der Waals surface area contributed by atoms with Crippen molar-refractivity contribution < 1.29 is 19.4 Å². The quantitative estimate of drug-likeness (QED) is 0.478. The van der Waals surface area contributed by atoms with E-state index in [0.717, 1.165) is 16.7 Å². The Morgan fingerprint density at radius 2 is 1.85 bits per heavy atom. The van der Waals surface area contributed by atoms with Gasteiger partial charge in [0.2, 0.25) is 0 Å². The Bertz CT molecular complexity index is 1280. The van der Waals surface area contributed by atoms with Crippen molar-refractivity contribution in [3.8, 4) is 5.75 Å². The van der Waals surface area contributed by atoms with E-state index in [2.05, 4.69) is 10.3 Å². The van der Waals surface area contributed by atoms with Crippen LogP contribution in [0, 0.1) is 13.8 Å². The van der Waals surface area contributed by atoms with E-state index >= 15 is 0 Å². The second kappa shape index (κ2) is 9.75. The number of benzene rings is 3. The van der Waals surface area contributed by atoms with Crippen LogP contribution >= 0.6 is 11.8 Å². The molecule has 0 atom stereocenters. The number of aromatic carboxylic acids is 1. The summed E-state index contributed by atoms with van der Waals surface area (Å²) in [5.41, 5.74) is 4.49. The second-order valence-corrected chi connectivity index (χ2v) is 8.63. The molecule has 166 valence electrons. The number of ether oxygens (including phenoxy) is 1. The number of carboxylic acids is 1. The van der Waals surface area contributed by atoms with Gasteiger partial charge >= 0.3 is 5.97 Å². The number of carboxylic acid groups (broad SMARTS) is 1. The molecule has 33 heavy (non-hydrogen) atoms. The summed E-state index contributed by atoms with van der Waals surface area (Å²) in [7, 11) is 0. The van der Waals surface area contributed by atoms with Crippen LogP contribution in [0.3, 0.4) is 0 Å². The van der Waals surface area contributed by atoms with Gasteiger partial charge in [0.25, 0.3) is 5.91 Å². The van der Waals surface area contributed by atoms with Gasteiger partial charge in [0.1, 0.15) is 12.4 Å². The lowest BCUT2D eigenvalue weighted by Crippen LogP contribution is -2.19. The lowest BCUT2D eigenvalue weighted by Gasteiger charge is -2.10. The molecule has 1 aliphatic heterocycles. The van der Waals surface area contributed by atoms with E-state index in [0.29, 0.717) is 28.1 Å². The fraction of sp³-hybridized carbons (Fsp3) is 0.115. The van der Waals surface area contributed by atoms with Gasteiger partial charge in [0.05, 0.1) is 16.2 Å². The van der Waals surface area contributed by atoms with Crippen LogP contribution in [-0.2, 0) is 11.4 Å². The van der Waals surface area contributed by atoms with Crippen molar-refractivity contribution in [2.45, 2.75) is 20.5 Å². The van der Waals surface area contributed by atoms with Gasteiger partial charge in [-0.3, -0.25) is 4.79 Å². The lowest BCUT2D eigenvalue weighted by molar-refractivity contribution is -0.115. The molecule has 1 saturated heterocycles. The minimum atomic E-state index is -1.03. The highest BCUT2D eigenvalue weighted by Crippen LogP contribution is 2.31. The van der Waals surface area contributed by atoms with E-state index < -0.39 is 5.97 Å². The van der Waals surface area contributed by atoms with Crippen LogP contribution in [0.2, 0.25) is 0 Å². The van der Waals surface area contributed by atoms with Gasteiger partial charge in [-0.2, -0.15) is 0 Å². The fourth-order valence-corrected chi connectivity index (χ4v) is 4.00. The molecule has 0 bridgehead atoms. The Hall–Kier alpha value is -3.84. The van der Waals surface area contributed by atoms with Gasteiger partial charge in [0, 0.05) is 5.56 Å². The first kappa shape index (κ1) is 22.4. The minimum absolute atomic E-state index is 0.143. The van der Waals surface area contributed by atoms with E-state index in [1.54, 1.807) is 12.1 Å². The molecular formula is C26H22N2O4S. The monoisotopic (exact) mass is 458 g/mol. The molecule has 1 aliphatic rings. The van der Waals surface area contributed by atoms with Crippen molar-refractivity contribution in [1.82, 2.24) is 5.32 Å². The van der Waals surface area contributed by atoms with Crippen molar-refractivity contribution in [2.24, 2.45) is 4.99 Å². The Morgan fingerprint density at radius 3 is 2.61 bits per heavy atom. The molecule has 2 N–H and O–H groups in total. The standard InChI is InChI=1S/C26H22N2O4S/c1-16-7-10-18(11-8-16)15-32-22-6-4-3-5-19(22)14-23-24(29)28-26(33-23)27-21-13-20(25(30)31)12-9-17(21)2/h3-14H,15H2,1-2H3,(H,30,31)(H,27,28,29)/b23-14-. The van der Waals surface area contributed by atoms with Crippen molar-refractivity contribution >= 4 is 40.6 Å². The molecule has 1 fully saturated rings. The number of thioether (sulfide) groups is 1. The minimum Gasteiger partial charge on any atom is -0.488 e. The summed E-state index contributed by atoms with van der Waals surface area (Å²) >= 11 is 1.20.